The maximum atomic E-state index is 14.2. The molecule has 0 bridgehead atoms. The summed E-state index contributed by atoms with van der Waals surface area (Å²) >= 11 is 1.26. The Morgan fingerprint density at radius 1 is 0.700 bits per heavy atom. The normalized spacial score (nSPS) is 13.6. The summed E-state index contributed by atoms with van der Waals surface area (Å²) in [5.74, 6) is -4.68. The second kappa shape index (κ2) is 8.08. The molecule has 0 atom stereocenters. The number of carbonyl (C=O) groups is 2. The smallest absolute Gasteiger partial charge is 0.220 e. The lowest BCUT2D eigenvalue weighted by Crippen LogP contribution is -2.21. The van der Waals surface area contributed by atoms with Gasteiger partial charge >= 0.3 is 0 Å². The number of carbonyl (C=O) groups excluding carboxylic acids is 2. The second-order valence-corrected chi connectivity index (χ2v) is 8.17. The third-order valence-corrected chi connectivity index (χ3v) is 6.52. The predicted molar refractivity (Wildman–Crippen MR) is 104 cm³/mol. The van der Waals surface area contributed by atoms with Gasteiger partial charge in [-0.1, -0.05) is 23.5 Å². The van der Waals surface area contributed by atoms with Gasteiger partial charge in [-0.15, -0.1) is 0 Å². The second-order valence-electron chi connectivity index (χ2n) is 6.07. The fourth-order valence-corrected chi connectivity index (χ4v) is 4.76. The van der Waals surface area contributed by atoms with Crippen LogP contribution in [0.3, 0.4) is 0 Å². The molecule has 0 unspecified atom stereocenters. The molecule has 1 heterocycles. The lowest BCUT2D eigenvalue weighted by molar-refractivity contribution is 0.0984. The Morgan fingerprint density at radius 2 is 1.23 bits per heavy atom. The van der Waals surface area contributed by atoms with E-state index in [-0.39, 0.29) is 30.9 Å². The average molecular weight is 447 g/mol. The van der Waals surface area contributed by atoms with Gasteiger partial charge in [0.2, 0.25) is 11.6 Å². The van der Waals surface area contributed by atoms with E-state index in [9.17, 15) is 27.2 Å². The first-order valence-electron chi connectivity index (χ1n) is 8.39. The van der Waals surface area contributed by atoms with Crippen molar-refractivity contribution in [2.45, 2.75) is 9.79 Å². The van der Waals surface area contributed by atoms with Crippen LogP contribution in [-0.4, -0.2) is 16.6 Å². The van der Waals surface area contributed by atoms with Gasteiger partial charge in [0.05, 0.1) is 15.4 Å². The molecular formula is C21H9F4NO2S2. The minimum Gasteiger partial charge on any atom is -0.288 e. The molecule has 4 rings (SSSR count). The maximum Gasteiger partial charge on any atom is 0.220 e. The SMILES string of the molecule is O=C1C(Sc2ccc(F)cc2F)=C(Sc2ccc(F)cc2F)C(=O)c2ncccc21. The van der Waals surface area contributed by atoms with Gasteiger partial charge in [0.25, 0.3) is 0 Å². The van der Waals surface area contributed by atoms with Crippen molar-refractivity contribution in [2.24, 2.45) is 0 Å². The van der Waals surface area contributed by atoms with Crippen LogP contribution in [0, 0.1) is 23.3 Å². The molecule has 0 spiro atoms. The highest BCUT2D eigenvalue weighted by Crippen LogP contribution is 2.44. The van der Waals surface area contributed by atoms with Crippen molar-refractivity contribution in [3.05, 3.63) is 99.1 Å². The van der Waals surface area contributed by atoms with E-state index in [4.69, 9.17) is 0 Å². The number of thioether (sulfide) groups is 2. The number of benzene rings is 2. The first-order valence-corrected chi connectivity index (χ1v) is 10.0. The van der Waals surface area contributed by atoms with E-state index in [1.165, 1.54) is 18.3 Å². The molecule has 0 saturated carbocycles. The quantitative estimate of drug-likeness (QED) is 0.472. The molecule has 2 aromatic carbocycles. The van der Waals surface area contributed by atoms with Crippen LogP contribution < -0.4 is 0 Å². The molecule has 0 N–H and O–H groups in total. The van der Waals surface area contributed by atoms with Gasteiger partial charge in [-0.05, 0) is 36.4 Å². The Kier molecular flexibility index (Phi) is 5.48. The molecule has 0 fully saturated rings. The topological polar surface area (TPSA) is 47.0 Å². The van der Waals surface area contributed by atoms with E-state index in [0.29, 0.717) is 35.7 Å². The van der Waals surface area contributed by atoms with E-state index >= 15 is 0 Å². The fourth-order valence-electron chi connectivity index (χ4n) is 2.73. The first kappa shape index (κ1) is 20.4. The van der Waals surface area contributed by atoms with Crippen LogP contribution in [0.15, 0.2) is 74.3 Å². The average Bonchev–Trinajstić information content (AvgIpc) is 2.71. The van der Waals surface area contributed by atoms with Crippen molar-refractivity contribution in [3.63, 3.8) is 0 Å². The molecular weight excluding hydrogens is 438 g/mol. The first-order chi connectivity index (χ1) is 14.3. The summed E-state index contributed by atoms with van der Waals surface area (Å²) in [6, 6.07) is 8.49. The van der Waals surface area contributed by atoms with Crippen molar-refractivity contribution in [1.29, 1.82) is 0 Å². The maximum absolute atomic E-state index is 14.2. The van der Waals surface area contributed by atoms with Gasteiger partial charge < -0.3 is 0 Å². The Hall–Kier alpha value is -2.91. The van der Waals surface area contributed by atoms with Gasteiger partial charge in [-0.25, -0.2) is 17.6 Å². The van der Waals surface area contributed by atoms with E-state index in [1.807, 2.05) is 0 Å². The summed E-state index contributed by atoms with van der Waals surface area (Å²) in [5.41, 5.74) is -0.0899. The zero-order chi connectivity index (χ0) is 21.4. The molecule has 3 nitrogen and oxygen atoms in total. The van der Waals surface area contributed by atoms with E-state index in [0.717, 1.165) is 24.3 Å². The Balaban J connectivity index is 1.85. The number of halogens is 4. The van der Waals surface area contributed by atoms with Crippen LogP contribution in [0.1, 0.15) is 20.8 Å². The van der Waals surface area contributed by atoms with Gasteiger partial charge in [-0.3, -0.25) is 14.6 Å². The Labute approximate surface area is 176 Å². The van der Waals surface area contributed by atoms with Crippen LogP contribution in [0.25, 0.3) is 0 Å². The third-order valence-electron chi connectivity index (χ3n) is 4.10. The summed E-state index contributed by atoms with van der Waals surface area (Å²) in [7, 11) is 0. The van der Waals surface area contributed by atoms with Crippen molar-refractivity contribution in [3.8, 4) is 0 Å². The van der Waals surface area contributed by atoms with Crippen LogP contribution >= 0.6 is 23.5 Å². The van der Waals surface area contributed by atoms with Crippen LogP contribution in [0.4, 0.5) is 17.6 Å². The molecule has 1 aromatic heterocycles. The number of Topliss-reactive ketones (excluding diaryl/α,β-unsaturated/α-hetero) is 2. The summed E-state index contributed by atoms with van der Waals surface area (Å²) < 4.78 is 54.8. The molecule has 0 saturated heterocycles. The number of ketones is 2. The molecule has 0 radical (unpaired) electrons. The number of hydrogen-bond donors (Lipinski definition) is 0. The lowest BCUT2D eigenvalue weighted by Gasteiger charge is -2.19. The van der Waals surface area contributed by atoms with E-state index in [2.05, 4.69) is 4.98 Å². The highest BCUT2D eigenvalue weighted by molar-refractivity contribution is 8.08. The number of fused-ring (bicyclic) bond motifs is 1. The summed E-state index contributed by atoms with van der Waals surface area (Å²) in [6.07, 6.45) is 1.34. The van der Waals surface area contributed by atoms with Crippen molar-refractivity contribution >= 4 is 35.1 Å². The molecule has 30 heavy (non-hydrogen) atoms. The number of pyridine rings is 1. The molecule has 150 valence electrons. The van der Waals surface area contributed by atoms with Crippen LogP contribution in [-0.2, 0) is 0 Å². The van der Waals surface area contributed by atoms with Crippen LogP contribution in [0.5, 0.6) is 0 Å². The molecule has 9 heteroatoms. The zero-order valence-corrected chi connectivity index (χ0v) is 16.4. The third kappa shape index (κ3) is 3.78. The van der Waals surface area contributed by atoms with Gasteiger partial charge in [0.15, 0.2) is 0 Å². The molecule has 0 aliphatic heterocycles. The standard InChI is InChI=1S/C21H9F4NO2S2/c22-10-3-5-15(13(24)8-10)29-20-18(27)12-2-1-7-26-17(12)19(28)21(20)30-16-6-4-11(23)9-14(16)25/h1-9H. The minimum atomic E-state index is -0.920. The van der Waals surface area contributed by atoms with Gasteiger partial charge in [-0.2, -0.15) is 0 Å². The largest absolute Gasteiger partial charge is 0.288 e. The van der Waals surface area contributed by atoms with Gasteiger partial charge in [0.1, 0.15) is 29.0 Å². The molecule has 3 aromatic rings. The Bertz CT molecular complexity index is 1150. The number of rotatable bonds is 4. The van der Waals surface area contributed by atoms with E-state index < -0.39 is 34.8 Å². The lowest BCUT2D eigenvalue weighted by atomic mass is 10.00. The predicted octanol–water partition coefficient (Wildman–Crippen LogP) is 5.81. The summed E-state index contributed by atoms with van der Waals surface area (Å²) in [6.45, 7) is 0. The highest BCUT2D eigenvalue weighted by atomic mass is 32.2. The molecule has 0 amide bonds. The number of allylic oxidation sites excluding steroid dienone is 2. The number of hydrogen-bond acceptors (Lipinski definition) is 5. The summed E-state index contributed by atoms with van der Waals surface area (Å²) in [4.78, 5) is 29.5. The van der Waals surface area contributed by atoms with E-state index in [1.54, 1.807) is 0 Å². The highest BCUT2D eigenvalue weighted by Gasteiger charge is 2.35. The number of aromatic nitrogens is 1. The minimum absolute atomic E-state index is 0.0245. The number of nitrogens with zero attached hydrogens (tertiary/aromatic N) is 1. The van der Waals surface area contributed by atoms with Crippen molar-refractivity contribution in [1.82, 2.24) is 4.98 Å². The van der Waals surface area contributed by atoms with Crippen LogP contribution in [0.2, 0.25) is 0 Å². The molecule has 1 aliphatic rings. The monoisotopic (exact) mass is 447 g/mol. The Morgan fingerprint density at radius 3 is 1.77 bits per heavy atom. The van der Waals surface area contributed by atoms with Crippen molar-refractivity contribution in [2.75, 3.05) is 0 Å². The van der Waals surface area contributed by atoms with Gasteiger partial charge in [0, 0.05) is 28.1 Å². The molecule has 1 aliphatic carbocycles. The summed E-state index contributed by atoms with van der Waals surface area (Å²) in [5, 5.41) is 0. The zero-order valence-electron chi connectivity index (χ0n) is 14.8. The van der Waals surface area contributed by atoms with Crippen molar-refractivity contribution < 1.29 is 27.2 Å². The fraction of sp³-hybridized carbons (Fsp3) is 0.